The Labute approximate surface area is 60.2 Å². The minimum atomic E-state index is 0.0290. The van der Waals surface area contributed by atoms with E-state index in [1.165, 1.54) is 0 Å². The Morgan fingerprint density at radius 2 is 1.89 bits per heavy atom. The van der Waals surface area contributed by atoms with E-state index < -0.39 is 0 Å². The number of hydrogen-bond acceptors (Lipinski definition) is 1. The molecule has 46 valence electrons. The first-order chi connectivity index (χ1) is 4.43. The van der Waals surface area contributed by atoms with Crippen molar-refractivity contribution in [1.29, 1.82) is 0 Å². The van der Waals surface area contributed by atoms with Gasteiger partial charge in [0.25, 0.3) is 0 Å². The van der Waals surface area contributed by atoms with Gasteiger partial charge in [-0.15, -0.1) is 0 Å². The summed E-state index contributed by atoms with van der Waals surface area (Å²) in [5.41, 5.74) is 0. The van der Waals surface area contributed by atoms with Gasteiger partial charge in [0, 0.05) is 0 Å². The van der Waals surface area contributed by atoms with E-state index in [9.17, 15) is 4.79 Å². The Hall–Kier alpha value is -0.591. The standard InChI is InChI=1S/C7H6OSe/c8-6-9-7-4-2-1-3-5-7/h1-6H. The molecule has 0 fully saturated rings. The molecule has 0 N–H and O–H groups in total. The summed E-state index contributed by atoms with van der Waals surface area (Å²) in [6, 6.07) is 9.77. The third-order valence-corrected chi connectivity index (χ3v) is 2.27. The monoisotopic (exact) mass is 186 g/mol. The summed E-state index contributed by atoms with van der Waals surface area (Å²) >= 11 is 0.0290. The van der Waals surface area contributed by atoms with Gasteiger partial charge < -0.3 is 0 Å². The van der Waals surface area contributed by atoms with Gasteiger partial charge in [-0.05, 0) is 0 Å². The molecule has 0 saturated heterocycles. The molecule has 1 aromatic rings. The van der Waals surface area contributed by atoms with Crippen LogP contribution in [0.2, 0.25) is 0 Å². The third kappa shape index (κ3) is 2.00. The molecule has 9 heavy (non-hydrogen) atoms. The van der Waals surface area contributed by atoms with Crippen molar-refractivity contribution in [2.75, 3.05) is 0 Å². The third-order valence-electron chi connectivity index (χ3n) is 0.927. The first-order valence-electron chi connectivity index (χ1n) is 2.59. The van der Waals surface area contributed by atoms with E-state index in [1.807, 2.05) is 30.3 Å². The molecule has 0 spiro atoms. The molecule has 0 saturated carbocycles. The summed E-state index contributed by atoms with van der Waals surface area (Å²) < 4.78 is 1.14. The Balaban J connectivity index is 2.72. The van der Waals surface area contributed by atoms with E-state index in [1.54, 1.807) is 0 Å². The van der Waals surface area contributed by atoms with Gasteiger partial charge in [-0.3, -0.25) is 0 Å². The van der Waals surface area contributed by atoms with Crippen LogP contribution in [0.15, 0.2) is 30.3 Å². The van der Waals surface area contributed by atoms with Crippen LogP contribution in [0, 0.1) is 0 Å². The van der Waals surface area contributed by atoms with Crippen LogP contribution in [0.1, 0.15) is 0 Å². The van der Waals surface area contributed by atoms with Gasteiger partial charge in [-0.1, -0.05) is 0 Å². The number of benzene rings is 1. The maximum absolute atomic E-state index is 10.0. The van der Waals surface area contributed by atoms with E-state index in [4.69, 9.17) is 0 Å². The van der Waals surface area contributed by atoms with Crippen molar-refractivity contribution in [3.8, 4) is 0 Å². The second kappa shape index (κ2) is 3.44. The quantitative estimate of drug-likeness (QED) is 0.475. The van der Waals surface area contributed by atoms with Crippen LogP contribution >= 0.6 is 0 Å². The fourth-order valence-electron chi connectivity index (χ4n) is 0.555. The number of rotatable bonds is 2. The molecule has 0 bridgehead atoms. The van der Waals surface area contributed by atoms with Crippen molar-refractivity contribution in [1.82, 2.24) is 0 Å². The molecular weight excluding hydrogens is 179 g/mol. The van der Waals surface area contributed by atoms with E-state index >= 15 is 0 Å². The first-order valence-corrected chi connectivity index (χ1v) is 4.43. The Morgan fingerprint density at radius 3 is 2.44 bits per heavy atom. The predicted molar refractivity (Wildman–Crippen MR) is 38.6 cm³/mol. The van der Waals surface area contributed by atoms with Gasteiger partial charge in [-0.2, -0.15) is 0 Å². The topological polar surface area (TPSA) is 17.1 Å². The summed E-state index contributed by atoms with van der Waals surface area (Å²) in [4.78, 5) is 10.0. The molecule has 0 atom stereocenters. The maximum atomic E-state index is 10.0. The van der Waals surface area contributed by atoms with Crippen LogP contribution in [-0.2, 0) is 4.79 Å². The van der Waals surface area contributed by atoms with Crippen molar-refractivity contribution < 1.29 is 4.79 Å². The number of carbonyl (C=O) groups excluding carboxylic acids is 1. The van der Waals surface area contributed by atoms with Gasteiger partial charge in [-0.25, -0.2) is 0 Å². The molecule has 0 amide bonds. The molecule has 1 nitrogen and oxygen atoms in total. The molecule has 0 radical (unpaired) electrons. The van der Waals surface area contributed by atoms with E-state index in [-0.39, 0.29) is 15.0 Å². The Bertz CT molecular complexity index is 183. The molecule has 2 heteroatoms. The zero-order valence-corrected chi connectivity index (χ0v) is 6.49. The zero-order valence-electron chi connectivity index (χ0n) is 4.78. The Kier molecular flexibility index (Phi) is 2.49. The summed E-state index contributed by atoms with van der Waals surface area (Å²) in [5, 5.41) is 0.975. The second-order valence-corrected chi connectivity index (χ2v) is 3.41. The van der Waals surface area contributed by atoms with Crippen LogP contribution in [0.25, 0.3) is 0 Å². The number of carbonyl (C=O) groups is 1. The fourth-order valence-corrected chi connectivity index (χ4v) is 1.45. The van der Waals surface area contributed by atoms with Gasteiger partial charge in [0.1, 0.15) is 0 Å². The molecular formula is C7H6OSe. The van der Waals surface area contributed by atoms with E-state index in [0.717, 1.165) is 9.65 Å². The van der Waals surface area contributed by atoms with Gasteiger partial charge in [0.15, 0.2) is 0 Å². The van der Waals surface area contributed by atoms with Crippen LogP contribution in [0.3, 0.4) is 0 Å². The van der Waals surface area contributed by atoms with Crippen LogP contribution in [0.4, 0.5) is 0 Å². The van der Waals surface area contributed by atoms with Crippen LogP contribution in [-0.4, -0.2) is 20.1 Å². The second-order valence-electron chi connectivity index (χ2n) is 1.53. The average Bonchev–Trinajstić information content (AvgIpc) is 1.91. The van der Waals surface area contributed by atoms with Crippen molar-refractivity contribution in [3.05, 3.63) is 30.3 Å². The molecule has 0 aliphatic rings. The van der Waals surface area contributed by atoms with Gasteiger partial charge >= 0.3 is 59.7 Å². The first kappa shape index (κ1) is 6.53. The van der Waals surface area contributed by atoms with Crippen molar-refractivity contribution in [2.24, 2.45) is 0 Å². The van der Waals surface area contributed by atoms with Crippen molar-refractivity contribution in [3.63, 3.8) is 0 Å². The number of hydrogen-bond donors (Lipinski definition) is 0. The van der Waals surface area contributed by atoms with Crippen molar-refractivity contribution >= 4 is 24.6 Å². The predicted octanol–water partition coefficient (Wildman–Crippen LogP) is 0.206. The normalized spacial score (nSPS) is 8.89. The average molecular weight is 185 g/mol. The van der Waals surface area contributed by atoms with Crippen molar-refractivity contribution in [2.45, 2.75) is 0 Å². The fraction of sp³-hybridized carbons (Fsp3) is 0. The van der Waals surface area contributed by atoms with Crippen LogP contribution in [0.5, 0.6) is 0 Å². The van der Waals surface area contributed by atoms with E-state index in [0.29, 0.717) is 0 Å². The summed E-state index contributed by atoms with van der Waals surface area (Å²) in [7, 11) is 0. The van der Waals surface area contributed by atoms with Gasteiger partial charge in [0.2, 0.25) is 0 Å². The zero-order chi connectivity index (χ0) is 6.53. The summed E-state index contributed by atoms with van der Waals surface area (Å²) in [6.07, 6.45) is 0. The minimum absolute atomic E-state index is 0.0290. The molecule has 0 aliphatic heterocycles. The van der Waals surface area contributed by atoms with Gasteiger partial charge in [0.05, 0.1) is 0 Å². The van der Waals surface area contributed by atoms with E-state index in [2.05, 4.69) is 0 Å². The molecule has 1 rings (SSSR count). The molecule has 0 heterocycles. The molecule has 0 aliphatic carbocycles. The molecule has 1 aromatic carbocycles. The summed E-state index contributed by atoms with van der Waals surface area (Å²) in [5.74, 6) is 0. The Morgan fingerprint density at radius 1 is 1.22 bits per heavy atom. The molecule has 0 unspecified atom stereocenters. The summed E-state index contributed by atoms with van der Waals surface area (Å²) in [6.45, 7) is 0. The SMILES string of the molecule is O=C[Se]c1ccccc1. The van der Waals surface area contributed by atoms with Crippen LogP contribution < -0.4 is 4.46 Å². The molecule has 0 aromatic heterocycles.